The maximum absolute atomic E-state index is 13.8. The Labute approximate surface area is 173 Å². The van der Waals surface area contributed by atoms with Crippen molar-refractivity contribution in [3.8, 4) is 5.75 Å². The van der Waals surface area contributed by atoms with Crippen LogP contribution in [0.2, 0.25) is 0 Å². The van der Waals surface area contributed by atoms with Gasteiger partial charge in [-0.25, -0.2) is 4.39 Å². The summed E-state index contributed by atoms with van der Waals surface area (Å²) in [6.45, 7) is 0.548. The van der Waals surface area contributed by atoms with Gasteiger partial charge in [-0.2, -0.15) is 0 Å². The Balaban J connectivity index is 1.66. The Kier molecular flexibility index (Phi) is 4.51. The van der Waals surface area contributed by atoms with E-state index in [1.165, 1.54) is 17.7 Å². The summed E-state index contributed by atoms with van der Waals surface area (Å²) in [7, 11) is 1.66. The highest BCUT2D eigenvalue weighted by molar-refractivity contribution is 5.95. The first-order valence-electron chi connectivity index (χ1n) is 9.95. The smallest absolute Gasteiger partial charge is 0.254 e. The lowest BCUT2D eigenvalue weighted by molar-refractivity contribution is 0.0691. The third-order valence-electron chi connectivity index (χ3n) is 5.78. The summed E-state index contributed by atoms with van der Waals surface area (Å²) in [6, 6.07) is 21.5. The molecule has 1 aliphatic rings. The number of halogens is 1. The Morgan fingerprint density at radius 2 is 1.90 bits per heavy atom. The SMILES string of the molecule is COc1ccc2[nH]c3c(c2c1)CCN(C(=O)c1cccc(F)c1)C3c1ccccc1. The minimum absolute atomic E-state index is 0.176. The zero-order valence-corrected chi connectivity index (χ0v) is 16.6. The number of fused-ring (bicyclic) bond motifs is 3. The fourth-order valence-electron chi connectivity index (χ4n) is 4.38. The average molecular weight is 400 g/mol. The van der Waals surface area contributed by atoms with Gasteiger partial charge in [0.1, 0.15) is 11.6 Å². The van der Waals surface area contributed by atoms with Crippen molar-refractivity contribution in [3.63, 3.8) is 0 Å². The van der Waals surface area contributed by atoms with Crippen molar-refractivity contribution in [2.24, 2.45) is 0 Å². The molecule has 1 amide bonds. The van der Waals surface area contributed by atoms with Gasteiger partial charge in [-0.05, 0) is 53.9 Å². The van der Waals surface area contributed by atoms with Crippen LogP contribution in [0.4, 0.5) is 4.39 Å². The highest BCUT2D eigenvalue weighted by Gasteiger charge is 2.35. The van der Waals surface area contributed by atoms with Gasteiger partial charge in [-0.1, -0.05) is 36.4 Å². The van der Waals surface area contributed by atoms with Gasteiger partial charge in [0.15, 0.2) is 0 Å². The fourth-order valence-corrected chi connectivity index (χ4v) is 4.38. The standard InChI is InChI=1S/C25H21FN2O2/c1-30-19-10-11-22-21(15-19)20-12-13-28(25(29)17-8-5-9-18(26)14-17)24(23(20)27-22)16-6-3-2-4-7-16/h2-11,14-15,24,27H,12-13H2,1H3. The summed E-state index contributed by atoms with van der Waals surface area (Å²) < 4.78 is 19.2. The lowest BCUT2D eigenvalue weighted by Crippen LogP contribution is -2.40. The molecule has 5 heteroatoms. The molecule has 4 nitrogen and oxygen atoms in total. The number of ether oxygens (including phenoxy) is 1. The van der Waals surface area contributed by atoms with Gasteiger partial charge in [0.25, 0.3) is 5.91 Å². The number of carbonyl (C=O) groups is 1. The first-order valence-corrected chi connectivity index (χ1v) is 9.95. The minimum atomic E-state index is -0.410. The number of carbonyl (C=O) groups excluding carboxylic acids is 1. The molecule has 0 fully saturated rings. The molecule has 4 aromatic rings. The summed E-state index contributed by atoms with van der Waals surface area (Å²) >= 11 is 0. The van der Waals surface area contributed by atoms with Crippen LogP contribution < -0.4 is 4.74 Å². The van der Waals surface area contributed by atoms with Gasteiger partial charge in [0.2, 0.25) is 0 Å². The zero-order valence-electron chi connectivity index (χ0n) is 16.6. The van der Waals surface area contributed by atoms with Crippen LogP contribution in [0.15, 0.2) is 72.8 Å². The molecule has 0 saturated heterocycles. The van der Waals surface area contributed by atoms with Crippen molar-refractivity contribution < 1.29 is 13.9 Å². The molecule has 150 valence electrons. The van der Waals surface area contributed by atoms with E-state index in [1.807, 2.05) is 53.4 Å². The van der Waals surface area contributed by atoms with Gasteiger partial charge in [0, 0.05) is 28.7 Å². The number of hydrogen-bond donors (Lipinski definition) is 1. The van der Waals surface area contributed by atoms with Gasteiger partial charge in [-0.15, -0.1) is 0 Å². The third kappa shape index (κ3) is 3.03. The van der Waals surface area contributed by atoms with Crippen molar-refractivity contribution in [3.05, 3.63) is 101 Å². The van der Waals surface area contributed by atoms with Gasteiger partial charge < -0.3 is 14.6 Å². The molecule has 0 aliphatic carbocycles. The second-order valence-electron chi connectivity index (χ2n) is 7.50. The van der Waals surface area contributed by atoms with E-state index >= 15 is 0 Å². The molecule has 1 atom stereocenters. The van der Waals surface area contributed by atoms with E-state index in [1.54, 1.807) is 19.2 Å². The predicted octanol–water partition coefficient (Wildman–Crippen LogP) is 5.10. The van der Waals surface area contributed by atoms with Crippen molar-refractivity contribution in [2.75, 3.05) is 13.7 Å². The van der Waals surface area contributed by atoms with Crippen LogP contribution in [0.1, 0.15) is 33.2 Å². The first kappa shape index (κ1) is 18.4. The van der Waals surface area contributed by atoms with Crippen LogP contribution in [0.5, 0.6) is 5.75 Å². The topological polar surface area (TPSA) is 45.3 Å². The number of aromatic nitrogens is 1. The lowest BCUT2D eigenvalue weighted by atomic mass is 9.91. The van der Waals surface area contributed by atoms with Crippen molar-refractivity contribution in [1.82, 2.24) is 9.88 Å². The van der Waals surface area contributed by atoms with Crippen LogP contribution in [0.3, 0.4) is 0 Å². The Morgan fingerprint density at radius 3 is 2.67 bits per heavy atom. The fraction of sp³-hybridized carbons (Fsp3) is 0.160. The monoisotopic (exact) mass is 400 g/mol. The Hall–Kier alpha value is -3.60. The number of aromatic amines is 1. The minimum Gasteiger partial charge on any atom is -0.497 e. The van der Waals surface area contributed by atoms with Crippen LogP contribution in [-0.2, 0) is 6.42 Å². The third-order valence-corrected chi connectivity index (χ3v) is 5.78. The van der Waals surface area contributed by atoms with E-state index in [2.05, 4.69) is 4.98 Å². The number of benzene rings is 3. The molecule has 5 rings (SSSR count). The zero-order chi connectivity index (χ0) is 20.7. The summed E-state index contributed by atoms with van der Waals surface area (Å²) in [5, 5.41) is 1.11. The maximum Gasteiger partial charge on any atom is 0.254 e. The van der Waals surface area contributed by atoms with Gasteiger partial charge in [0.05, 0.1) is 13.2 Å². The van der Waals surface area contributed by atoms with Gasteiger partial charge >= 0.3 is 0 Å². The number of hydrogen-bond acceptors (Lipinski definition) is 2. The molecular formula is C25H21FN2O2. The number of H-pyrrole nitrogens is 1. The molecule has 0 saturated carbocycles. The lowest BCUT2D eigenvalue weighted by Gasteiger charge is -2.36. The number of nitrogens with zero attached hydrogens (tertiary/aromatic N) is 1. The number of nitrogens with one attached hydrogen (secondary N) is 1. The van der Waals surface area contributed by atoms with E-state index in [9.17, 15) is 9.18 Å². The molecule has 30 heavy (non-hydrogen) atoms. The molecule has 0 bridgehead atoms. The van der Waals surface area contributed by atoms with E-state index in [4.69, 9.17) is 4.74 Å². The molecule has 3 aromatic carbocycles. The molecule has 2 heterocycles. The number of rotatable bonds is 3. The average Bonchev–Trinajstić information content (AvgIpc) is 3.16. The Bertz CT molecular complexity index is 1230. The first-order chi connectivity index (χ1) is 14.7. The molecule has 0 radical (unpaired) electrons. The van der Waals surface area contributed by atoms with Crippen molar-refractivity contribution in [1.29, 1.82) is 0 Å². The molecule has 1 N–H and O–H groups in total. The highest BCUT2D eigenvalue weighted by atomic mass is 19.1. The second-order valence-corrected chi connectivity index (χ2v) is 7.50. The normalized spacial score (nSPS) is 15.8. The largest absolute Gasteiger partial charge is 0.497 e. The predicted molar refractivity (Wildman–Crippen MR) is 114 cm³/mol. The Morgan fingerprint density at radius 1 is 1.07 bits per heavy atom. The van der Waals surface area contributed by atoms with Crippen molar-refractivity contribution in [2.45, 2.75) is 12.5 Å². The highest BCUT2D eigenvalue weighted by Crippen LogP contribution is 2.39. The second kappa shape index (κ2) is 7.34. The van der Waals surface area contributed by atoms with E-state index in [0.717, 1.165) is 27.9 Å². The molecular weight excluding hydrogens is 379 g/mol. The molecule has 0 spiro atoms. The van der Waals surface area contributed by atoms with E-state index < -0.39 is 5.82 Å². The number of amides is 1. The quantitative estimate of drug-likeness (QED) is 0.520. The van der Waals surface area contributed by atoms with Gasteiger partial charge in [-0.3, -0.25) is 4.79 Å². The van der Waals surface area contributed by atoms with Crippen molar-refractivity contribution >= 4 is 16.8 Å². The molecule has 1 aromatic heterocycles. The number of methoxy groups -OCH3 is 1. The van der Waals surface area contributed by atoms with Crippen LogP contribution >= 0.6 is 0 Å². The summed E-state index contributed by atoms with van der Waals surface area (Å²) in [4.78, 5) is 18.8. The molecule has 1 aliphatic heterocycles. The summed E-state index contributed by atoms with van der Waals surface area (Å²) in [5.41, 5.74) is 4.59. The van der Waals surface area contributed by atoms with E-state index in [0.29, 0.717) is 18.5 Å². The van der Waals surface area contributed by atoms with Crippen LogP contribution in [-0.4, -0.2) is 29.4 Å². The summed E-state index contributed by atoms with van der Waals surface area (Å²) in [6.07, 6.45) is 0.715. The van der Waals surface area contributed by atoms with Crippen LogP contribution in [0, 0.1) is 5.82 Å². The van der Waals surface area contributed by atoms with Crippen LogP contribution in [0.25, 0.3) is 10.9 Å². The van der Waals surface area contributed by atoms with E-state index in [-0.39, 0.29) is 11.9 Å². The maximum atomic E-state index is 13.8. The molecule has 1 unspecified atom stereocenters. The summed E-state index contributed by atoms with van der Waals surface area (Å²) in [5.74, 6) is 0.219.